The molecule has 0 saturated heterocycles. The van der Waals surface area contributed by atoms with Gasteiger partial charge in [-0.25, -0.2) is 0 Å². The molecular formula is C17H15Br2NO2. The van der Waals surface area contributed by atoms with Gasteiger partial charge in [0.25, 0.3) is 0 Å². The number of hydrogen-bond acceptors (Lipinski definition) is 2. The zero-order valence-electron chi connectivity index (χ0n) is 12.2. The van der Waals surface area contributed by atoms with Crippen molar-refractivity contribution in [2.75, 3.05) is 12.4 Å². The van der Waals surface area contributed by atoms with Crippen LogP contribution in [0.15, 0.2) is 51.4 Å². The molecule has 0 saturated carbocycles. The quantitative estimate of drug-likeness (QED) is 0.686. The molecule has 2 aromatic carbocycles. The third-order valence-electron chi connectivity index (χ3n) is 2.99. The molecule has 3 nitrogen and oxygen atoms in total. The van der Waals surface area contributed by atoms with Gasteiger partial charge in [0.05, 0.1) is 17.3 Å². The summed E-state index contributed by atoms with van der Waals surface area (Å²) in [7, 11) is 1.61. The lowest BCUT2D eigenvalue weighted by molar-refractivity contribution is -0.111. The minimum absolute atomic E-state index is 0.184. The standard InChI is InChI=1S/C17H15Br2NO2/c1-11-3-6-15(13(18)9-11)20-17(21)8-5-12-4-7-16(22-2)14(19)10-12/h3-10H,1-2H3,(H,20,21). The minimum Gasteiger partial charge on any atom is -0.496 e. The van der Waals surface area contributed by atoms with Gasteiger partial charge in [-0.15, -0.1) is 0 Å². The molecule has 1 amide bonds. The fourth-order valence-corrected chi connectivity index (χ4v) is 3.00. The van der Waals surface area contributed by atoms with E-state index in [1.165, 1.54) is 6.08 Å². The van der Waals surface area contributed by atoms with Crippen LogP contribution in [0.25, 0.3) is 6.08 Å². The molecule has 0 spiro atoms. The van der Waals surface area contributed by atoms with Crippen LogP contribution in [0.2, 0.25) is 0 Å². The first kappa shape index (κ1) is 16.8. The van der Waals surface area contributed by atoms with Crippen LogP contribution in [0.4, 0.5) is 5.69 Å². The Balaban J connectivity index is 2.06. The van der Waals surface area contributed by atoms with Crippen molar-refractivity contribution in [3.05, 3.63) is 62.5 Å². The summed E-state index contributed by atoms with van der Waals surface area (Å²) in [6.07, 6.45) is 3.25. The summed E-state index contributed by atoms with van der Waals surface area (Å²) in [5, 5.41) is 2.84. The summed E-state index contributed by atoms with van der Waals surface area (Å²) in [6, 6.07) is 11.4. The fourth-order valence-electron chi connectivity index (χ4n) is 1.85. The number of nitrogens with one attached hydrogen (secondary N) is 1. The van der Waals surface area contributed by atoms with Gasteiger partial charge in [0.2, 0.25) is 5.91 Å². The molecule has 0 bridgehead atoms. The predicted octanol–water partition coefficient (Wildman–Crippen LogP) is 5.18. The average molecular weight is 425 g/mol. The largest absolute Gasteiger partial charge is 0.496 e. The van der Waals surface area contributed by atoms with E-state index < -0.39 is 0 Å². The van der Waals surface area contributed by atoms with E-state index >= 15 is 0 Å². The van der Waals surface area contributed by atoms with Crippen molar-refractivity contribution >= 4 is 49.5 Å². The first-order valence-electron chi connectivity index (χ1n) is 6.58. The maximum absolute atomic E-state index is 12.0. The van der Waals surface area contributed by atoms with E-state index in [1.807, 2.05) is 43.3 Å². The molecule has 2 aromatic rings. The van der Waals surface area contributed by atoms with Crippen LogP contribution in [0.1, 0.15) is 11.1 Å². The molecule has 0 atom stereocenters. The van der Waals surface area contributed by atoms with E-state index in [9.17, 15) is 4.79 Å². The van der Waals surface area contributed by atoms with Crippen molar-refractivity contribution < 1.29 is 9.53 Å². The van der Waals surface area contributed by atoms with Crippen LogP contribution in [-0.4, -0.2) is 13.0 Å². The lowest BCUT2D eigenvalue weighted by atomic mass is 10.2. The normalized spacial score (nSPS) is 10.7. The van der Waals surface area contributed by atoms with Crippen molar-refractivity contribution in [2.45, 2.75) is 6.92 Å². The summed E-state index contributed by atoms with van der Waals surface area (Å²) in [6.45, 7) is 2.00. The number of benzene rings is 2. The number of amides is 1. The third-order valence-corrected chi connectivity index (χ3v) is 4.26. The lowest BCUT2D eigenvalue weighted by Gasteiger charge is -2.06. The maximum atomic E-state index is 12.0. The number of ether oxygens (including phenoxy) is 1. The van der Waals surface area contributed by atoms with Gasteiger partial charge in [-0.2, -0.15) is 0 Å². The van der Waals surface area contributed by atoms with E-state index in [1.54, 1.807) is 13.2 Å². The number of aryl methyl sites for hydroxylation is 1. The van der Waals surface area contributed by atoms with Gasteiger partial charge in [-0.3, -0.25) is 4.79 Å². The summed E-state index contributed by atoms with van der Waals surface area (Å²) in [5.41, 5.74) is 2.78. The molecule has 0 heterocycles. The highest BCUT2D eigenvalue weighted by Gasteiger charge is 2.03. The number of hydrogen-bond donors (Lipinski definition) is 1. The summed E-state index contributed by atoms with van der Waals surface area (Å²) < 4.78 is 6.88. The monoisotopic (exact) mass is 423 g/mol. The SMILES string of the molecule is COc1ccc(C=CC(=O)Nc2ccc(C)cc2Br)cc1Br. The highest BCUT2D eigenvalue weighted by Crippen LogP contribution is 2.26. The molecule has 0 aromatic heterocycles. The van der Waals surface area contributed by atoms with Crippen molar-refractivity contribution in [3.8, 4) is 5.75 Å². The molecule has 0 fully saturated rings. The molecule has 0 aliphatic rings. The Morgan fingerprint density at radius 1 is 1.14 bits per heavy atom. The molecule has 1 N–H and O–H groups in total. The van der Waals surface area contributed by atoms with Gasteiger partial charge in [-0.1, -0.05) is 12.1 Å². The molecule has 114 valence electrons. The van der Waals surface area contributed by atoms with Crippen molar-refractivity contribution in [3.63, 3.8) is 0 Å². The van der Waals surface area contributed by atoms with Crippen molar-refractivity contribution in [1.82, 2.24) is 0 Å². The van der Waals surface area contributed by atoms with Crippen LogP contribution < -0.4 is 10.1 Å². The number of methoxy groups -OCH3 is 1. The van der Waals surface area contributed by atoms with Crippen LogP contribution >= 0.6 is 31.9 Å². The Bertz CT molecular complexity index is 727. The highest BCUT2D eigenvalue weighted by atomic mass is 79.9. The molecule has 0 aliphatic carbocycles. The smallest absolute Gasteiger partial charge is 0.248 e. The number of carbonyl (C=O) groups excluding carboxylic acids is 1. The van der Waals surface area contributed by atoms with Gasteiger partial charge >= 0.3 is 0 Å². The van der Waals surface area contributed by atoms with Crippen LogP contribution in [0.3, 0.4) is 0 Å². The minimum atomic E-state index is -0.184. The van der Waals surface area contributed by atoms with E-state index in [2.05, 4.69) is 37.2 Å². The Morgan fingerprint density at radius 2 is 1.91 bits per heavy atom. The van der Waals surface area contributed by atoms with Crippen molar-refractivity contribution in [2.24, 2.45) is 0 Å². The maximum Gasteiger partial charge on any atom is 0.248 e. The summed E-state index contributed by atoms with van der Waals surface area (Å²) in [4.78, 5) is 12.0. The zero-order chi connectivity index (χ0) is 16.1. The van der Waals surface area contributed by atoms with E-state index in [4.69, 9.17) is 4.74 Å². The van der Waals surface area contributed by atoms with E-state index in [-0.39, 0.29) is 5.91 Å². The fraction of sp³-hybridized carbons (Fsp3) is 0.118. The second-order valence-electron chi connectivity index (χ2n) is 4.70. The second-order valence-corrected chi connectivity index (χ2v) is 6.41. The number of halogens is 2. The van der Waals surface area contributed by atoms with Crippen LogP contribution in [0, 0.1) is 6.92 Å². The van der Waals surface area contributed by atoms with Crippen LogP contribution in [0.5, 0.6) is 5.75 Å². The first-order valence-corrected chi connectivity index (χ1v) is 8.17. The summed E-state index contributed by atoms with van der Waals surface area (Å²) >= 11 is 6.86. The molecule has 0 radical (unpaired) electrons. The Hall–Kier alpha value is -1.59. The third kappa shape index (κ3) is 4.45. The van der Waals surface area contributed by atoms with Gasteiger partial charge < -0.3 is 10.1 Å². The van der Waals surface area contributed by atoms with E-state index in [0.29, 0.717) is 0 Å². The van der Waals surface area contributed by atoms with Gasteiger partial charge in [0.1, 0.15) is 5.75 Å². The molecule has 0 unspecified atom stereocenters. The van der Waals surface area contributed by atoms with E-state index in [0.717, 1.165) is 31.5 Å². The van der Waals surface area contributed by atoms with Crippen LogP contribution in [-0.2, 0) is 4.79 Å². The molecule has 0 aliphatic heterocycles. The predicted molar refractivity (Wildman–Crippen MR) is 97.2 cm³/mol. The lowest BCUT2D eigenvalue weighted by Crippen LogP contribution is -2.08. The zero-order valence-corrected chi connectivity index (χ0v) is 15.4. The second kappa shape index (κ2) is 7.61. The number of rotatable bonds is 4. The number of carbonyl (C=O) groups is 1. The summed E-state index contributed by atoms with van der Waals surface area (Å²) in [5.74, 6) is 0.571. The van der Waals surface area contributed by atoms with Crippen molar-refractivity contribution in [1.29, 1.82) is 0 Å². The Labute approximate surface area is 146 Å². The molecule has 22 heavy (non-hydrogen) atoms. The molecular weight excluding hydrogens is 410 g/mol. The topological polar surface area (TPSA) is 38.3 Å². The van der Waals surface area contributed by atoms with Gasteiger partial charge in [0.15, 0.2) is 0 Å². The van der Waals surface area contributed by atoms with Gasteiger partial charge in [-0.05, 0) is 80.3 Å². The molecule has 2 rings (SSSR count). The molecule has 5 heteroatoms. The first-order chi connectivity index (χ1) is 10.5. The average Bonchev–Trinajstić information content (AvgIpc) is 2.48. The Kier molecular flexibility index (Phi) is 5.80. The number of anilines is 1. The highest BCUT2D eigenvalue weighted by molar-refractivity contribution is 9.11. The Morgan fingerprint density at radius 3 is 2.55 bits per heavy atom. The van der Waals surface area contributed by atoms with Gasteiger partial charge in [0, 0.05) is 10.5 Å².